The second-order valence-corrected chi connectivity index (χ2v) is 4.88. The summed E-state index contributed by atoms with van der Waals surface area (Å²) in [6, 6.07) is 3.46. The largest absolute Gasteiger partial charge is 0.332 e. The van der Waals surface area contributed by atoms with E-state index in [0.717, 1.165) is 17.8 Å². The number of nitrogens with zero attached hydrogens (tertiary/aromatic N) is 4. The number of carbonyl (C=O) groups is 1. The summed E-state index contributed by atoms with van der Waals surface area (Å²) in [5.74, 6) is 0.0189. The summed E-state index contributed by atoms with van der Waals surface area (Å²) < 4.78 is 1.84. The van der Waals surface area contributed by atoms with Crippen LogP contribution in [-0.2, 0) is 20.0 Å². The molecule has 0 saturated heterocycles. The molecule has 0 N–H and O–H groups in total. The van der Waals surface area contributed by atoms with Crippen molar-refractivity contribution in [3.8, 4) is 0 Å². The van der Waals surface area contributed by atoms with Crippen LogP contribution in [0.2, 0.25) is 5.28 Å². The molecule has 2 aromatic rings. The Bertz CT molecular complexity index is 623. The Kier molecular flexibility index (Phi) is 2.98. The van der Waals surface area contributed by atoms with Gasteiger partial charge >= 0.3 is 0 Å². The van der Waals surface area contributed by atoms with Gasteiger partial charge in [-0.3, -0.25) is 9.78 Å². The van der Waals surface area contributed by atoms with Crippen molar-refractivity contribution in [3.63, 3.8) is 0 Å². The van der Waals surface area contributed by atoms with Crippen LogP contribution in [0.3, 0.4) is 0 Å². The van der Waals surface area contributed by atoms with Crippen molar-refractivity contribution in [2.24, 2.45) is 7.05 Å². The Morgan fingerprint density at radius 3 is 2.84 bits per heavy atom. The number of hydrogen-bond acceptors (Lipinski definition) is 3. The highest BCUT2D eigenvalue weighted by atomic mass is 35.5. The molecule has 0 bridgehead atoms. The quantitative estimate of drug-likeness (QED) is 0.796. The Labute approximate surface area is 115 Å². The second-order valence-electron chi connectivity index (χ2n) is 4.55. The number of rotatable bonds is 1. The minimum absolute atomic E-state index is 0.0189. The monoisotopic (exact) mass is 276 g/mol. The Morgan fingerprint density at radius 1 is 1.37 bits per heavy atom. The second kappa shape index (κ2) is 4.66. The molecular formula is C13H13ClN4O. The van der Waals surface area contributed by atoms with E-state index in [4.69, 9.17) is 11.6 Å². The zero-order chi connectivity index (χ0) is 13.4. The number of fused-ring (bicyclic) bond motifs is 1. The summed E-state index contributed by atoms with van der Waals surface area (Å²) in [5.41, 5.74) is 2.66. The molecule has 1 amide bonds. The van der Waals surface area contributed by atoms with E-state index in [1.165, 1.54) is 0 Å². The number of pyridine rings is 1. The van der Waals surface area contributed by atoms with Crippen molar-refractivity contribution in [1.29, 1.82) is 0 Å². The predicted octanol–water partition coefficient (Wildman–Crippen LogP) is 1.67. The molecule has 3 heterocycles. The van der Waals surface area contributed by atoms with Crippen molar-refractivity contribution >= 4 is 17.5 Å². The lowest BCUT2D eigenvalue weighted by molar-refractivity contribution is 0.0730. The van der Waals surface area contributed by atoms with E-state index in [0.29, 0.717) is 23.9 Å². The average molecular weight is 277 g/mol. The molecule has 1 aliphatic rings. The molecule has 3 rings (SSSR count). The first-order valence-electron chi connectivity index (χ1n) is 6.06. The van der Waals surface area contributed by atoms with Crippen molar-refractivity contribution in [2.75, 3.05) is 6.54 Å². The predicted molar refractivity (Wildman–Crippen MR) is 70.9 cm³/mol. The van der Waals surface area contributed by atoms with E-state index in [1.54, 1.807) is 24.5 Å². The summed E-state index contributed by atoms with van der Waals surface area (Å²) in [7, 11) is 1.87. The highest BCUT2D eigenvalue weighted by Crippen LogP contribution is 2.22. The molecule has 2 aromatic heterocycles. The van der Waals surface area contributed by atoms with Gasteiger partial charge in [-0.1, -0.05) is 0 Å². The zero-order valence-corrected chi connectivity index (χ0v) is 11.3. The summed E-state index contributed by atoms with van der Waals surface area (Å²) in [6.45, 7) is 1.22. The lowest BCUT2D eigenvalue weighted by Gasteiger charge is -2.27. The van der Waals surface area contributed by atoms with Crippen LogP contribution in [0.25, 0.3) is 0 Å². The normalized spacial score (nSPS) is 14.3. The lowest BCUT2D eigenvalue weighted by atomic mass is 10.1. The van der Waals surface area contributed by atoms with Gasteiger partial charge in [-0.05, 0) is 23.7 Å². The van der Waals surface area contributed by atoms with Crippen LogP contribution in [0.4, 0.5) is 0 Å². The van der Waals surface area contributed by atoms with Crippen molar-refractivity contribution in [1.82, 2.24) is 19.4 Å². The van der Waals surface area contributed by atoms with Gasteiger partial charge < -0.3 is 9.47 Å². The summed E-state index contributed by atoms with van der Waals surface area (Å²) >= 11 is 6.00. The molecule has 0 unspecified atom stereocenters. The fourth-order valence-electron chi connectivity index (χ4n) is 2.30. The van der Waals surface area contributed by atoms with E-state index in [2.05, 4.69) is 9.97 Å². The first kappa shape index (κ1) is 12.2. The van der Waals surface area contributed by atoms with Crippen LogP contribution >= 0.6 is 11.6 Å². The Morgan fingerprint density at radius 2 is 2.11 bits per heavy atom. The molecule has 19 heavy (non-hydrogen) atoms. The summed E-state index contributed by atoms with van der Waals surface area (Å²) in [6.07, 6.45) is 4.00. The third-order valence-corrected chi connectivity index (χ3v) is 3.75. The molecule has 0 radical (unpaired) electrons. The van der Waals surface area contributed by atoms with Crippen LogP contribution < -0.4 is 0 Å². The number of halogens is 1. The van der Waals surface area contributed by atoms with E-state index in [-0.39, 0.29) is 5.91 Å². The highest BCUT2D eigenvalue weighted by molar-refractivity contribution is 6.28. The first-order chi connectivity index (χ1) is 9.16. The maximum absolute atomic E-state index is 12.4. The molecule has 0 aliphatic carbocycles. The van der Waals surface area contributed by atoms with Gasteiger partial charge in [0.15, 0.2) is 0 Å². The third kappa shape index (κ3) is 2.10. The fraction of sp³-hybridized carbons (Fsp3) is 0.308. The first-order valence-corrected chi connectivity index (χ1v) is 6.44. The van der Waals surface area contributed by atoms with Gasteiger partial charge in [0.05, 0.1) is 17.9 Å². The standard InChI is InChI=1S/C13H13ClN4O/c1-17-11-8-18(7-4-10(11)16-13(17)14)12(19)9-2-5-15-6-3-9/h2-3,5-6H,4,7-8H2,1H3. The molecule has 0 spiro atoms. The minimum atomic E-state index is 0.0189. The van der Waals surface area contributed by atoms with E-state index < -0.39 is 0 Å². The fourth-order valence-corrected chi connectivity index (χ4v) is 2.51. The SMILES string of the molecule is Cn1c(Cl)nc2c1CN(C(=O)c1ccncc1)CC2. The van der Waals surface area contributed by atoms with Gasteiger partial charge in [0, 0.05) is 38.0 Å². The number of amides is 1. The maximum atomic E-state index is 12.4. The van der Waals surface area contributed by atoms with E-state index in [9.17, 15) is 4.79 Å². The molecule has 98 valence electrons. The number of carbonyl (C=O) groups excluding carboxylic acids is 1. The Hall–Kier alpha value is -1.88. The number of aromatic nitrogens is 3. The van der Waals surface area contributed by atoms with Crippen LogP contribution in [0.5, 0.6) is 0 Å². The number of imidazole rings is 1. The van der Waals surface area contributed by atoms with Crippen LogP contribution in [0.1, 0.15) is 21.7 Å². The molecular weight excluding hydrogens is 264 g/mol. The van der Waals surface area contributed by atoms with Gasteiger partial charge in [-0.15, -0.1) is 0 Å². The van der Waals surface area contributed by atoms with Crippen LogP contribution in [-0.4, -0.2) is 31.9 Å². The van der Waals surface area contributed by atoms with Crippen molar-refractivity contribution in [3.05, 3.63) is 46.8 Å². The van der Waals surface area contributed by atoms with Gasteiger partial charge in [0.25, 0.3) is 5.91 Å². The molecule has 1 aliphatic heterocycles. The van der Waals surface area contributed by atoms with Crippen molar-refractivity contribution in [2.45, 2.75) is 13.0 Å². The van der Waals surface area contributed by atoms with Gasteiger partial charge in [0.1, 0.15) is 0 Å². The molecule has 6 heteroatoms. The number of hydrogen-bond donors (Lipinski definition) is 0. The lowest BCUT2D eigenvalue weighted by Crippen LogP contribution is -2.36. The van der Waals surface area contributed by atoms with Crippen molar-refractivity contribution < 1.29 is 4.79 Å². The zero-order valence-electron chi connectivity index (χ0n) is 10.5. The smallest absolute Gasteiger partial charge is 0.254 e. The third-order valence-electron chi connectivity index (χ3n) is 3.42. The van der Waals surface area contributed by atoms with Gasteiger partial charge in [-0.25, -0.2) is 4.98 Å². The van der Waals surface area contributed by atoms with Gasteiger partial charge in [-0.2, -0.15) is 0 Å². The van der Waals surface area contributed by atoms with Crippen LogP contribution in [0.15, 0.2) is 24.5 Å². The van der Waals surface area contributed by atoms with E-state index in [1.807, 2.05) is 16.5 Å². The van der Waals surface area contributed by atoms with E-state index >= 15 is 0 Å². The van der Waals surface area contributed by atoms with Crippen LogP contribution in [0, 0.1) is 0 Å². The molecule has 5 nitrogen and oxygen atoms in total. The Balaban J connectivity index is 1.86. The minimum Gasteiger partial charge on any atom is -0.332 e. The molecule has 0 saturated carbocycles. The summed E-state index contributed by atoms with van der Waals surface area (Å²) in [5, 5.41) is 0.475. The topological polar surface area (TPSA) is 51.0 Å². The molecule has 0 fully saturated rings. The maximum Gasteiger partial charge on any atom is 0.254 e. The highest BCUT2D eigenvalue weighted by Gasteiger charge is 2.25. The summed E-state index contributed by atoms with van der Waals surface area (Å²) in [4.78, 5) is 22.4. The average Bonchev–Trinajstić information content (AvgIpc) is 2.74. The molecule has 0 atom stereocenters. The van der Waals surface area contributed by atoms with Gasteiger partial charge in [0.2, 0.25) is 5.28 Å². The molecule has 0 aromatic carbocycles.